The molecule has 1 aliphatic carbocycles. The van der Waals surface area contributed by atoms with E-state index in [1.807, 2.05) is 18.2 Å². The average Bonchev–Trinajstić information content (AvgIpc) is 2.15. The van der Waals surface area contributed by atoms with E-state index in [-0.39, 0.29) is 5.60 Å². The lowest BCUT2D eigenvalue weighted by Crippen LogP contribution is -2.51. The third-order valence-corrected chi connectivity index (χ3v) is 3.81. The van der Waals surface area contributed by atoms with Gasteiger partial charge < -0.3 is 10.1 Å². The minimum absolute atomic E-state index is 0.105. The van der Waals surface area contributed by atoms with Gasteiger partial charge in [-0.15, -0.1) is 0 Å². The Kier molecular flexibility index (Phi) is 1.78. The second-order valence-electron chi connectivity index (χ2n) is 4.11. The van der Waals surface area contributed by atoms with Crippen molar-refractivity contribution < 1.29 is 4.74 Å². The van der Waals surface area contributed by atoms with Crippen LogP contribution in [0.25, 0.3) is 0 Å². The highest BCUT2D eigenvalue weighted by atomic mass is 79.9. The van der Waals surface area contributed by atoms with Crippen LogP contribution in [-0.4, -0.2) is 12.1 Å². The smallest absolute Gasteiger partial charge is 0.144 e. The van der Waals surface area contributed by atoms with Crippen molar-refractivity contribution in [1.29, 1.82) is 0 Å². The Hall–Kier alpha value is -0.700. The fourth-order valence-electron chi connectivity index (χ4n) is 2.13. The molecule has 3 rings (SSSR count). The van der Waals surface area contributed by atoms with E-state index in [0.29, 0.717) is 0 Å². The number of para-hydroxylation sites is 1. The molecule has 1 aromatic carbocycles. The van der Waals surface area contributed by atoms with Gasteiger partial charge in [-0.2, -0.15) is 0 Å². The molecule has 0 amide bonds. The lowest BCUT2D eigenvalue weighted by Gasteiger charge is -2.45. The number of nitrogens with one attached hydrogen (secondary N) is 1. The molecule has 1 spiro atoms. The summed E-state index contributed by atoms with van der Waals surface area (Å²) in [6, 6.07) is 6.09. The van der Waals surface area contributed by atoms with Gasteiger partial charge in [-0.1, -0.05) is 6.07 Å². The molecule has 1 aromatic rings. The van der Waals surface area contributed by atoms with Gasteiger partial charge in [-0.05, 0) is 47.3 Å². The van der Waals surface area contributed by atoms with Crippen molar-refractivity contribution in [3.63, 3.8) is 0 Å². The molecular weight excluding hydrogens is 242 g/mol. The SMILES string of the molecule is Brc1cccc2c1NCC1(CCC1)O2. The van der Waals surface area contributed by atoms with Gasteiger partial charge in [0, 0.05) is 4.47 Å². The number of hydrogen-bond donors (Lipinski definition) is 1. The molecule has 2 nitrogen and oxygen atoms in total. The standard InChI is InChI=1S/C11H12BrNO/c12-8-3-1-4-9-10(8)13-7-11(14-9)5-2-6-11/h1,3-4,13H,2,5-7H2. The van der Waals surface area contributed by atoms with Gasteiger partial charge in [0.1, 0.15) is 11.4 Å². The molecule has 0 bridgehead atoms. The first-order chi connectivity index (χ1) is 6.79. The van der Waals surface area contributed by atoms with Crippen molar-refractivity contribution in [2.24, 2.45) is 0 Å². The van der Waals surface area contributed by atoms with E-state index in [9.17, 15) is 0 Å². The Morgan fingerprint density at radius 1 is 1.36 bits per heavy atom. The van der Waals surface area contributed by atoms with Crippen LogP contribution >= 0.6 is 15.9 Å². The quantitative estimate of drug-likeness (QED) is 0.767. The Labute approximate surface area is 91.8 Å². The van der Waals surface area contributed by atoms with E-state index in [2.05, 4.69) is 21.2 Å². The molecule has 1 aliphatic heterocycles. The van der Waals surface area contributed by atoms with Crippen LogP contribution < -0.4 is 10.1 Å². The number of rotatable bonds is 0. The summed E-state index contributed by atoms with van der Waals surface area (Å²) in [5.41, 5.74) is 1.21. The highest BCUT2D eigenvalue weighted by molar-refractivity contribution is 9.10. The zero-order valence-corrected chi connectivity index (χ0v) is 9.43. The highest BCUT2D eigenvalue weighted by Crippen LogP contribution is 2.44. The summed E-state index contributed by atoms with van der Waals surface area (Å²) >= 11 is 3.52. The van der Waals surface area contributed by atoms with Crippen molar-refractivity contribution in [3.8, 4) is 5.75 Å². The van der Waals surface area contributed by atoms with Crippen LogP contribution in [0.3, 0.4) is 0 Å². The summed E-state index contributed by atoms with van der Waals surface area (Å²) in [7, 11) is 0. The zero-order valence-electron chi connectivity index (χ0n) is 7.85. The van der Waals surface area contributed by atoms with Crippen LogP contribution in [0, 0.1) is 0 Å². The molecule has 2 aliphatic rings. The van der Waals surface area contributed by atoms with E-state index in [1.54, 1.807) is 0 Å². The summed E-state index contributed by atoms with van der Waals surface area (Å²) in [5, 5.41) is 3.45. The molecule has 1 fully saturated rings. The van der Waals surface area contributed by atoms with Gasteiger partial charge in [0.15, 0.2) is 0 Å². The summed E-state index contributed by atoms with van der Waals surface area (Å²) in [4.78, 5) is 0. The van der Waals surface area contributed by atoms with Gasteiger partial charge in [0.2, 0.25) is 0 Å². The fourth-order valence-corrected chi connectivity index (χ4v) is 2.62. The largest absolute Gasteiger partial charge is 0.483 e. The van der Waals surface area contributed by atoms with E-state index in [4.69, 9.17) is 4.74 Å². The van der Waals surface area contributed by atoms with E-state index < -0.39 is 0 Å². The van der Waals surface area contributed by atoms with E-state index in [0.717, 1.165) is 22.5 Å². The predicted octanol–water partition coefficient (Wildman–Crippen LogP) is 3.18. The number of ether oxygens (including phenoxy) is 1. The van der Waals surface area contributed by atoms with E-state index in [1.165, 1.54) is 19.3 Å². The second-order valence-corrected chi connectivity index (χ2v) is 4.96. The molecule has 1 N–H and O–H groups in total. The normalized spacial score (nSPS) is 21.8. The van der Waals surface area contributed by atoms with Crippen molar-refractivity contribution >= 4 is 21.6 Å². The average molecular weight is 254 g/mol. The Morgan fingerprint density at radius 2 is 2.21 bits per heavy atom. The molecule has 0 atom stereocenters. The molecule has 0 radical (unpaired) electrons. The number of hydrogen-bond acceptors (Lipinski definition) is 2. The summed E-state index contributed by atoms with van der Waals surface area (Å²) in [6.45, 7) is 0.947. The van der Waals surface area contributed by atoms with Crippen LogP contribution in [0.2, 0.25) is 0 Å². The molecule has 0 unspecified atom stereocenters. The van der Waals surface area contributed by atoms with E-state index >= 15 is 0 Å². The van der Waals surface area contributed by atoms with Gasteiger partial charge >= 0.3 is 0 Å². The van der Waals surface area contributed by atoms with Gasteiger partial charge in [0.25, 0.3) is 0 Å². The minimum atomic E-state index is 0.105. The zero-order chi connectivity index (χ0) is 9.60. The van der Waals surface area contributed by atoms with Crippen LogP contribution in [0.1, 0.15) is 19.3 Å². The maximum atomic E-state index is 6.04. The summed E-state index contributed by atoms with van der Waals surface area (Å²) < 4.78 is 7.13. The Bertz CT molecular complexity index is 374. The molecule has 1 heterocycles. The molecule has 0 saturated heterocycles. The molecule has 0 aromatic heterocycles. The maximum absolute atomic E-state index is 6.04. The Morgan fingerprint density at radius 3 is 2.93 bits per heavy atom. The van der Waals surface area contributed by atoms with Gasteiger partial charge in [0.05, 0.1) is 12.2 Å². The van der Waals surface area contributed by atoms with Gasteiger partial charge in [-0.3, -0.25) is 0 Å². The Balaban J connectivity index is 1.98. The van der Waals surface area contributed by atoms with Crippen LogP contribution in [-0.2, 0) is 0 Å². The molecule has 1 saturated carbocycles. The predicted molar refractivity (Wildman–Crippen MR) is 59.8 cm³/mol. The third-order valence-electron chi connectivity index (χ3n) is 3.15. The minimum Gasteiger partial charge on any atom is -0.483 e. The first kappa shape index (κ1) is 8.60. The second kappa shape index (κ2) is 2.89. The number of fused-ring (bicyclic) bond motifs is 1. The highest BCUT2D eigenvalue weighted by Gasteiger charge is 2.42. The summed E-state index contributed by atoms with van der Waals surface area (Å²) in [6.07, 6.45) is 3.67. The molecule has 3 heteroatoms. The molecule has 14 heavy (non-hydrogen) atoms. The number of anilines is 1. The first-order valence-electron chi connectivity index (χ1n) is 5.01. The van der Waals surface area contributed by atoms with Crippen molar-refractivity contribution in [2.75, 3.05) is 11.9 Å². The van der Waals surface area contributed by atoms with Crippen molar-refractivity contribution in [2.45, 2.75) is 24.9 Å². The topological polar surface area (TPSA) is 21.3 Å². The molecular formula is C11H12BrNO. The van der Waals surface area contributed by atoms with Crippen LogP contribution in [0.5, 0.6) is 5.75 Å². The molecule has 74 valence electrons. The number of benzene rings is 1. The van der Waals surface area contributed by atoms with Gasteiger partial charge in [-0.25, -0.2) is 0 Å². The van der Waals surface area contributed by atoms with Crippen LogP contribution in [0.4, 0.5) is 5.69 Å². The van der Waals surface area contributed by atoms with Crippen molar-refractivity contribution in [1.82, 2.24) is 0 Å². The maximum Gasteiger partial charge on any atom is 0.144 e. The fraction of sp³-hybridized carbons (Fsp3) is 0.455. The van der Waals surface area contributed by atoms with Crippen LogP contribution in [0.15, 0.2) is 22.7 Å². The number of halogens is 1. The lowest BCUT2D eigenvalue weighted by molar-refractivity contribution is 0.000115. The first-order valence-corrected chi connectivity index (χ1v) is 5.80. The third kappa shape index (κ3) is 1.15. The lowest BCUT2D eigenvalue weighted by atomic mass is 9.79. The summed E-state index contributed by atoms with van der Waals surface area (Å²) in [5.74, 6) is 0.991. The van der Waals surface area contributed by atoms with Crippen molar-refractivity contribution in [3.05, 3.63) is 22.7 Å². The monoisotopic (exact) mass is 253 g/mol.